The molecule has 1 aromatic rings. The molecule has 102 valence electrons. The number of hydrogen-bond acceptors (Lipinski definition) is 5. The van der Waals surface area contributed by atoms with Crippen LogP contribution >= 0.6 is 0 Å². The smallest absolute Gasteiger partial charge is 0.243 e. The van der Waals surface area contributed by atoms with Crippen LogP contribution in [0.4, 0.5) is 0 Å². The van der Waals surface area contributed by atoms with Gasteiger partial charge in [0.2, 0.25) is 6.04 Å². The Morgan fingerprint density at radius 3 is 2.05 bits per heavy atom. The Hall–Kier alpha value is -2.34. The van der Waals surface area contributed by atoms with E-state index in [0.717, 1.165) is 0 Å². The molecule has 0 aromatic heterocycles. The number of benzene rings is 1. The fourth-order valence-electron chi connectivity index (χ4n) is 2.82. The van der Waals surface area contributed by atoms with Crippen LogP contribution in [0.1, 0.15) is 33.6 Å². The monoisotopic (exact) mass is 273 g/mol. The molecule has 0 saturated heterocycles. The lowest BCUT2D eigenvalue weighted by Gasteiger charge is -2.28. The van der Waals surface area contributed by atoms with Gasteiger partial charge in [-0.25, -0.2) is 0 Å². The Labute approximate surface area is 113 Å². The van der Waals surface area contributed by atoms with Crippen molar-refractivity contribution < 1.29 is 19.6 Å². The van der Waals surface area contributed by atoms with E-state index >= 15 is 0 Å². The van der Waals surface area contributed by atoms with Gasteiger partial charge >= 0.3 is 0 Å². The van der Waals surface area contributed by atoms with Crippen molar-refractivity contribution in [3.63, 3.8) is 0 Å². The highest BCUT2D eigenvalue weighted by Gasteiger charge is 2.43. The van der Waals surface area contributed by atoms with Gasteiger partial charge in [0.15, 0.2) is 11.6 Å². The van der Waals surface area contributed by atoms with Crippen molar-refractivity contribution in [3.8, 4) is 0 Å². The molecule has 0 amide bonds. The summed E-state index contributed by atoms with van der Waals surface area (Å²) in [6, 6.07) is 5.19. The summed E-state index contributed by atoms with van der Waals surface area (Å²) < 4.78 is 0. The number of carbonyl (C=O) groups excluding carboxylic acids is 2. The van der Waals surface area contributed by atoms with Gasteiger partial charge in [-0.15, -0.1) is 0 Å². The second kappa shape index (κ2) is 4.35. The third-order valence-corrected chi connectivity index (χ3v) is 3.87. The van der Waals surface area contributed by atoms with Crippen molar-refractivity contribution in [1.82, 2.24) is 0 Å². The van der Waals surface area contributed by atoms with Crippen molar-refractivity contribution in [1.29, 1.82) is 0 Å². The van der Waals surface area contributed by atoms with E-state index in [9.17, 15) is 24.8 Å². The predicted octanol–water partition coefficient (Wildman–Crippen LogP) is 1.16. The minimum Gasteiger partial charge on any atom is -0.386 e. The highest BCUT2D eigenvalue weighted by Crippen LogP contribution is 2.36. The predicted molar refractivity (Wildman–Crippen MR) is 68.2 cm³/mol. The van der Waals surface area contributed by atoms with Crippen molar-refractivity contribution in [2.24, 2.45) is 0 Å². The van der Waals surface area contributed by atoms with Gasteiger partial charge in [0, 0.05) is 40.0 Å². The lowest BCUT2D eigenvalue weighted by Crippen LogP contribution is -2.41. The number of Topliss-reactive ketones (excluding diaryl/α,β-unsaturated/α-hetero) is 2. The van der Waals surface area contributed by atoms with Crippen LogP contribution in [0.15, 0.2) is 35.4 Å². The number of aliphatic hydroxyl groups is 1. The van der Waals surface area contributed by atoms with Crippen LogP contribution in [0.2, 0.25) is 0 Å². The molecule has 6 nitrogen and oxygen atoms in total. The summed E-state index contributed by atoms with van der Waals surface area (Å²) >= 11 is 0. The van der Waals surface area contributed by atoms with E-state index in [4.69, 9.17) is 0 Å². The van der Waals surface area contributed by atoms with E-state index in [1.807, 2.05) is 0 Å². The molecule has 3 rings (SSSR count). The molecule has 0 heterocycles. The maximum atomic E-state index is 12.4. The van der Waals surface area contributed by atoms with Gasteiger partial charge in [0.1, 0.15) is 6.10 Å². The fraction of sp³-hybridized carbons (Fsp3) is 0.286. The first-order valence-electron chi connectivity index (χ1n) is 6.22. The highest BCUT2D eigenvalue weighted by atomic mass is 16.6. The normalized spacial score (nSPS) is 25.2. The quantitative estimate of drug-likeness (QED) is 0.611. The number of aliphatic hydroxyl groups excluding tert-OH is 1. The average Bonchev–Trinajstić information content (AvgIpc) is 2.44. The third-order valence-electron chi connectivity index (χ3n) is 3.87. The molecule has 1 N–H and O–H groups in total. The molecule has 2 atom stereocenters. The molecule has 1 aromatic carbocycles. The largest absolute Gasteiger partial charge is 0.386 e. The first-order chi connectivity index (χ1) is 9.50. The van der Waals surface area contributed by atoms with E-state index < -0.39 is 17.1 Å². The molecule has 20 heavy (non-hydrogen) atoms. The maximum Gasteiger partial charge on any atom is 0.243 e. The number of nitro groups is 1. The molecule has 0 bridgehead atoms. The van der Waals surface area contributed by atoms with Crippen molar-refractivity contribution in [3.05, 3.63) is 56.7 Å². The second-order valence-corrected chi connectivity index (χ2v) is 4.99. The van der Waals surface area contributed by atoms with Crippen LogP contribution in [0.5, 0.6) is 0 Å². The zero-order valence-electron chi connectivity index (χ0n) is 10.4. The Kier molecular flexibility index (Phi) is 2.76. The van der Waals surface area contributed by atoms with E-state index in [2.05, 4.69) is 0 Å². The standard InChI is InChI=1S/C14H11NO5/c16-12-6-10-9(5-11(12)15(19)20)13(17)7-3-1-2-4-8(7)14(10)18/h1-4,11-12,16H,5-6H2. The first-order valence-corrected chi connectivity index (χ1v) is 6.22. The molecule has 2 aliphatic carbocycles. The van der Waals surface area contributed by atoms with E-state index in [1.165, 1.54) is 0 Å². The summed E-state index contributed by atoms with van der Waals surface area (Å²) in [5.41, 5.74) is 0.998. The zero-order valence-corrected chi connectivity index (χ0v) is 10.4. The van der Waals surface area contributed by atoms with Gasteiger partial charge in [-0.2, -0.15) is 0 Å². The molecule has 2 unspecified atom stereocenters. The fourth-order valence-corrected chi connectivity index (χ4v) is 2.82. The summed E-state index contributed by atoms with van der Waals surface area (Å²) in [6.07, 6.45) is -1.56. The number of nitrogens with zero attached hydrogens (tertiary/aromatic N) is 1. The summed E-state index contributed by atoms with van der Waals surface area (Å²) in [7, 11) is 0. The highest BCUT2D eigenvalue weighted by molar-refractivity contribution is 6.27. The minimum atomic E-state index is -1.23. The summed E-state index contributed by atoms with van der Waals surface area (Å²) in [5, 5.41) is 20.7. The molecule has 0 fully saturated rings. The van der Waals surface area contributed by atoms with Gasteiger partial charge < -0.3 is 5.11 Å². The molecular weight excluding hydrogens is 262 g/mol. The van der Waals surface area contributed by atoms with Crippen molar-refractivity contribution in [2.45, 2.75) is 25.0 Å². The van der Waals surface area contributed by atoms with Gasteiger partial charge in [-0.3, -0.25) is 19.7 Å². The molecule has 2 aliphatic rings. The van der Waals surface area contributed by atoms with E-state index in [-0.39, 0.29) is 41.1 Å². The lowest BCUT2D eigenvalue weighted by molar-refractivity contribution is -0.534. The number of rotatable bonds is 1. The summed E-state index contributed by atoms with van der Waals surface area (Å²) in [6.45, 7) is 0. The average molecular weight is 273 g/mol. The van der Waals surface area contributed by atoms with Crippen LogP contribution in [0.3, 0.4) is 0 Å². The Balaban J connectivity index is 2.11. The second-order valence-electron chi connectivity index (χ2n) is 4.99. The van der Waals surface area contributed by atoms with Crippen LogP contribution in [-0.2, 0) is 0 Å². The van der Waals surface area contributed by atoms with Gasteiger partial charge in [-0.1, -0.05) is 24.3 Å². The van der Waals surface area contributed by atoms with Gasteiger partial charge in [0.05, 0.1) is 0 Å². The maximum absolute atomic E-state index is 12.4. The Bertz CT molecular complexity index is 676. The van der Waals surface area contributed by atoms with Gasteiger partial charge in [0.25, 0.3) is 0 Å². The number of carbonyl (C=O) groups is 2. The summed E-state index contributed by atoms with van der Waals surface area (Å²) in [5.74, 6) is -0.648. The number of fused-ring (bicyclic) bond motifs is 1. The molecule has 0 spiro atoms. The molecular formula is C14H11NO5. The third kappa shape index (κ3) is 1.69. The first kappa shape index (κ1) is 12.7. The Morgan fingerprint density at radius 1 is 1.05 bits per heavy atom. The zero-order chi connectivity index (χ0) is 14.4. The van der Waals surface area contributed by atoms with Crippen LogP contribution in [-0.4, -0.2) is 33.7 Å². The van der Waals surface area contributed by atoms with Crippen LogP contribution < -0.4 is 0 Å². The minimum absolute atomic E-state index is 0.139. The number of ketones is 2. The van der Waals surface area contributed by atoms with Gasteiger partial charge in [-0.05, 0) is 0 Å². The van der Waals surface area contributed by atoms with Crippen molar-refractivity contribution in [2.75, 3.05) is 0 Å². The molecule has 0 aliphatic heterocycles. The molecule has 0 radical (unpaired) electrons. The molecule has 6 heteroatoms. The van der Waals surface area contributed by atoms with E-state index in [0.29, 0.717) is 5.56 Å². The SMILES string of the molecule is O=C1C2=C(CC([N+](=O)[O-])C(O)C2)C(=O)c2ccccc21. The molecule has 0 saturated carbocycles. The van der Waals surface area contributed by atoms with Crippen LogP contribution in [0, 0.1) is 10.1 Å². The lowest BCUT2D eigenvalue weighted by atomic mass is 9.75. The summed E-state index contributed by atoms with van der Waals surface area (Å²) in [4.78, 5) is 35.0. The topological polar surface area (TPSA) is 97.5 Å². The van der Waals surface area contributed by atoms with Crippen molar-refractivity contribution >= 4 is 11.6 Å². The Morgan fingerprint density at radius 2 is 1.55 bits per heavy atom. The van der Waals surface area contributed by atoms with Crippen LogP contribution in [0.25, 0.3) is 0 Å². The van der Waals surface area contributed by atoms with E-state index in [1.54, 1.807) is 24.3 Å². The number of hydrogen-bond donors (Lipinski definition) is 1.